The number of rotatable bonds is 2. The van der Waals surface area contributed by atoms with Crippen LogP contribution in [0.15, 0.2) is 48.9 Å². The summed E-state index contributed by atoms with van der Waals surface area (Å²) in [7, 11) is 0. The van der Waals surface area contributed by atoms with Crippen molar-refractivity contribution in [3.05, 3.63) is 60.1 Å². The predicted octanol–water partition coefficient (Wildman–Crippen LogP) is 2.91. The van der Waals surface area contributed by atoms with Crippen LogP contribution in [-0.2, 0) is 20.9 Å². The van der Waals surface area contributed by atoms with E-state index in [4.69, 9.17) is 9.47 Å². The second kappa shape index (κ2) is 3.89. The largest absolute Gasteiger partial charge is 0.453 e. The van der Waals surface area contributed by atoms with Gasteiger partial charge in [0, 0.05) is 12.5 Å². The highest BCUT2D eigenvalue weighted by Gasteiger charge is 2.40. The van der Waals surface area contributed by atoms with Crippen LogP contribution in [0.2, 0.25) is 0 Å². The van der Waals surface area contributed by atoms with Crippen LogP contribution in [0.5, 0.6) is 0 Å². The molecule has 0 saturated heterocycles. The molecular formula is C15H16O3. The van der Waals surface area contributed by atoms with Crippen molar-refractivity contribution in [1.29, 1.82) is 0 Å². The van der Waals surface area contributed by atoms with Crippen molar-refractivity contribution in [1.82, 2.24) is 0 Å². The highest BCUT2D eigenvalue weighted by atomic mass is 16.7. The third-order valence-corrected chi connectivity index (χ3v) is 3.61. The zero-order valence-electron chi connectivity index (χ0n) is 10.3. The number of benzene rings is 1. The lowest BCUT2D eigenvalue weighted by molar-refractivity contribution is -0.135. The minimum absolute atomic E-state index is 0.702. The minimum Gasteiger partial charge on any atom is -0.453 e. The first kappa shape index (κ1) is 11.4. The van der Waals surface area contributed by atoms with Crippen LogP contribution in [0, 0.1) is 0 Å². The van der Waals surface area contributed by atoms with Crippen molar-refractivity contribution < 1.29 is 14.6 Å². The Balaban J connectivity index is 2.08. The van der Waals surface area contributed by atoms with Crippen LogP contribution >= 0.6 is 0 Å². The lowest BCUT2D eigenvalue weighted by atomic mass is 9.86. The molecule has 1 aromatic carbocycles. The van der Waals surface area contributed by atoms with Crippen LogP contribution in [-0.4, -0.2) is 5.11 Å². The van der Waals surface area contributed by atoms with Crippen molar-refractivity contribution in [2.75, 3.05) is 0 Å². The van der Waals surface area contributed by atoms with Crippen LogP contribution in [0.25, 0.3) is 0 Å². The average Bonchev–Trinajstić information content (AvgIpc) is 3.00. The van der Waals surface area contributed by atoms with E-state index < -0.39 is 11.4 Å². The van der Waals surface area contributed by atoms with Crippen molar-refractivity contribution >= 4 is 0 Å². The fraction of sp³-hybridized carbons (Fsp3) is 0.333. The minimum atomic E-state index is -0.908. The maximum atomic E-state index is 10.7. The van der Waals surface area contributed by atoms with E-state index in [0.29, 0.717) is 6.42 Å². The number of aliphatic hydroxyl groups is 1. The van der Waals surface area contributed by atoms with E-state index in [1.54, 1.807) is 0 Å². The normalized spacial score (nSPS) is 28.1. The van der Waals surface area contributed by atoms with E-state index in [1.165, 1.54) is 12.5 Å². The molecular weight excluding hydrogens is 228 g/mol. The second-order valence-corrected chi connectivity index (χ2v) is 4.86. The summed E-state index contributed by atoms with van der Waals surface area (Å²) in [6.45, 7) is 1.86. The average molecular weight is 244 g/mol. The van der Waals surface area contributed by atoms with Gasteiger partial charge in [0.2, 0.25) is 0 Å². The van der Waals surface area contributed by atoms with E-state index in [9.17, 15) is 5.11 Å². The SMILES string of the molecule is CC1(c2ccccc2C2(O)C=CCC2)OC=CO1. The summed E-state index contributed by atoms with van der Waals surface area (Å²) in [5.41, 5.74) is 0.809. The number of allylic oxidation sites excluding steroid dienone is 1. The highest BCUT2D eigenvalue weighted by molar-refractivity contribution is 5.40. The van der Waals surface area contributed by atoms with Gasteiger partial charge >= 0.3 is 0 Å². The Hall–Kier alpha value is -1.74. The molecule has 1 unspecified atom stereocenters. The molecule has 1 aliphatic carbocycles. The van der Waals surface area contributed by atoms with Gasteiger partial charge in [0.1, 0.15) is 18.1 Å². The fourth-order valence-electron chi connectivity index (χ4n) is 2.62. The van der Waals surface area contributed by atoms with Gasteiger partial charge < -0.3 is 14.6 Å². The summed E-state index contributed by atoms with van der Waals surface area (Å²) in [6, 6.07) is 7.72. The molecule has 3 heteroatoms. The lowest BCUT2D eigenvalue weighted by Gasteiger charge is -2.31. The Morgan fingerprint density at radius 3 is 2.39 bits per heavy atom. The molecule has 0 aromatic heterocycles. The second-order valence-electron chi connectivity index (χ2n) is 4.86. The summed E-state index contributed by atoms with van der Waals surface area (Å²) in [5.74, 6) is -0.844. The molecule has 1 heterocycles. The summed E-state index contributed by atoms with van der Waals surface area (Å²) in [4.78, 5) is 0. The van der Waals surface area contributed by atoms with E-state index in [0.717, 1.165) is 17.5 Å². The maximum Gasteiger partial charge on any atom is 0.274 e. The van der Waals surface area contributed by atoms with Crippen LogP contribution < -0.4 is 0 Å². The molecule has 2 aliphatic rings. The van der Waals surface area contributed by atoms with Gasteiger partial charge in [-0.15, -0.1) is 0 Å². The molecule has 18 heavy (non-hydrogen) atoms. The van der Waals surface area contributed by atoms with Crippen molar-refractivity contribution in [3.8, 4) is 0 Å². The van der Waals surface area contributed by atoms with Crippen molar-refractivity contribution in [3.63, 3.8) is 0 Å². The Morgan fingerprint density at radius 2 is 1.78 bits per heavy atom. The molecule has 0 spiro atoms. The number of ether oxygens (including phenoxy) is 2. The predicted molar refractivity (Wildman–Crippen MR) is 67.4 cm³/mol. The molecule has 0 fully saturated rings. The maximum absolute atomic E-state index is 10.7. The molecule has 0 amide bonds. The quantitative estimate of drug-likeness (QED) is 0.813. The van der Waals surface area contributed by atoms with Crippen LogP contribution in [0.3, 0.4) is 0 Å². The van der Waals surface area contributed by atoms with E-state index in [-0.39, 0.29) is 0 Å². The summed E-state index contributed by atoms with van der Waals surface area (Å²) >= 11 is 0. The Morgan fingerprint density at radius 1 is 1.11 bits per heavy atom. The van der Waals surface area contributed by atoms with Gasteiger partial charge in [-0.3, -0.25) is 0 Å². The third kappa shape index (κ3) is 1.63. The lowest BCUT2D eigenvalue weighted by Crippen LogP contribution is -2.30. The van der Waals surface area contributed by atoms with Gasteiger partial charge in [-0.25, -0.2) is 0 Å². The van der Waals surface area contributed by atoms with Gasteiger partial charge in [-0.1, -0.05) is 36.4 Å². The van der Waals surface area contributed by atoms with Crippen molar-refractivity contribution in [2.24, 2.45) is 0 Å². The standard InChI is InChI=1S/C15H16O3/c1-14(17-10-11-18-14)12-6-2-3-7-13(12)15(16)8-4-5-9-15/h2-4,6-8,10-11,16H,5,9H2,1H3. The Labute approximate surface area is 106 Å². The van der Waals surface area contributed by atoms with E-state index in [2.05, 4.69) is 0 Å². The van der Waals surface area contributed by atoms with Crippen molar-refractivity contribution in [2.45, 2.75) is 31.2 Å². The first-order chi connectivity index (χ1) is 8.64. The first-order valence-corrected chi connectivity index (χ1v) is 6.15. The summed E-state index contributed by atoms with van der Waals surface area (Å²) in [6.07, 6.45) is 8.52. The Kier molecular flexibility index (Phi) is 2.45. The molecule has 0 saturated carbocycles. The van der Waals surface area contributed by atoms with E-state index >= 15 is 0 Å². The van der Waals surface area contributed by atoms with Gasteiger partial charge in [0.15, 0.2) is 0 Å². The highest BCUT2D eigenvalue weighted by Crippen LogP contribution is 2.41. The van der Waals surface area contributed by atoms with Crippen LogP contribution in [0.4, 0.5) is 0 Å². The summed E-state index contributed by atoms with van der Waals surface area (Å²) in [5, 5.41) is 10.7. The zero-order chi connectivity index (χ0) is 12.6. The van der Waals surface area contributed by atoms with E-state index in [1.807, 2.05) is 43.3 Å². The van der Waals surface area contributed by atoms with Gasteiger partial charge in [0.05, 0.1) is 0 Å². The van der Waals surface area contributed by atoms with Crippen LogP contribution in [0.1, 0.15) is 30.9 Å². The topological polar surface area (TPSA) is 38.7 Å². The molecule has 1 aromatic rings. The molecule has 94 valence electrons. The number of hydrogen-bond donors (Lipinski definition) is 1. The molecule has 3 nitrogen and oxygen atoms in total. The monoisotopic (exact) mass is 244 g/mol. The number of hydrogen-bond acceptors (Lipinski definition) is 3. The molecule has 1 N–H and O–H groups in total. The van der Waals surface area contributed by atoms with Gasteiger partial charge in [-0.05, 0) is 18.4 Å². The molecule has 0 radical (unpaired) electrons. The smallest absolute Gasteiger partial charge is 0.274 e. The first-order valence-electron chi connectivity index (χ1n) is 6.15. The van der Waals surface area contributed by atoms with Gasteiger partial charge in [0.25, 0.3) is 5.79 Å². The molecule has 0 bridgehead atoms. The fourth-order valence-corrected chi connectivity index (χ4v) is 2.62. The third-order valence-electron chi connectivity index (χ3n) is 3.61. The zero-order valence-corrected chi connectivity index (χ0v) is 10.3. The van der Waals surface area contributed by atoms with Gasteiger partial charge in [-0.2, -0.15) is 0 Å². The Bertz CT molecular complexity index is 510. The molecule has 1 aliphatic heterocycles. The molecule has 1 atom stereocenters. The molecule has 3 rings (SSSR count). The summed E-state index contributed by atoms with van der Waals surface area (Å²) < 4.78 is 11.1.